The highest BCUT2D eigenvalue weighted by atomic mass is 127. The van der Waals surface area contributed by atoms with Gasteiger partial charge in [0.2, 0.25) is 0 Å². The fourth-order valence-corrected chi connectivity index (χ4v) is 2.97. The molecule has 0 fully saturated rings. The average molecular weight is 564 g/mol. The number of ether oxygens (including phenoxy) is 3. The molecular weight excluding hydrogens is 537 g/mol. The highest BCUT2D eigenvalue weighted by Crippen LogP contribution is 2.25. The van der Waals surface area contributed by atoms with Crippen LogP contribution in [0.25, 0.3) is 0 Å². The zero-order valence-corrected chi connectivity index (χ0v) is 20.2. The number of rotatable bonds is 9. The van der Waals surface area contributed by atoms with E-state index in [-0.39, 0.29) is 24.0 Å². The van der Waals surface area contributed by atoms with Gasteiger partial charge in [0, 0.05) is 45.5 Å². The van der Waals surface area contributed by atoms with Crippen molar-refractivity contribution in [3.05, 3.63) is 52.5 Å². The Morgan fingerprint density at radius 1 is 1.11 bits per heavy atom. The number of halogens is 2. The number of benzene rings is 2. The molecule has 2 aromatic rings. The van der Waals surface area contributed by atoms with E-state index in [4.69, 9.17) is 14.2 Å². The van der Waals surface area contributed by atoms with E-state index in [1.807, 2.05) is 42.5 Å². The minimum Gasteiger partial charge on any atom is -0.496 e. The molecule has 28 heavy (non-hydrogen) atoms. The van der Waals surface area contributed by atoms with Crippen LogP contribution in [0.5, 0.6) is 11.5 Å². The van der Waals surface area contributed by atoms with Gasteiger partial charge in [-0.25, -0.2) is 0 Å². The number of hydrogen-bond donors (Lipinski definition) is 2. The van der Waals surface area contributed by atoms with E-state index in [0.29, 0.717) is 25.7 Å². The second-order valence-electron chi connectivity index (χ2n) is 5.74. The largest absolute Gasteiger partial charge is 0.496 e. The van der Waals surface area contributed by atoms with Crippen molar-refractivity contribution in [3.8, 4) is 11.5 Å². The Kier molecular flexibility index (Phi) is 11.9. The van der Waals surface area contributed by atoms with Gasteiger partial charge >= 0.3 is 0 Å². The summed E-state index contributed by atoms with van der Waals surface area (Å²) in [6.07, 6.45) is 0.856. The average Bonchev–Trinajstić information content (AvgIpc) is 2.69. The SMILES string of the molecule is CN=C(NCc1ccc(OC)c(Br)c1)Nc1cccc(OCCCOC)c1.I. The van der Waals surface area contributed by atoms with E-state index in [1.165, 1.54) is 0 Å². The van der Waals surface area contributed by atoms with Crippen molar-refractivity contribution >= 4 is 51.6 Å². The van der Waals surface area contributed by atoms with Gasteiger partial charge in [0.05, 0.1) is 18.2 Å². The Morgan fingerprint density at radius 2 is 1.93 bits per heavy atom. The molecule has 0 bridgehead atoms. The first-order valence-corrected chi connectivity index (χ1v) is 9.47. The van der Waals surface area contributed by atoms with Crippen molar-refractivity contribution < 1.29 is 14.2 Å². The summed E-state index contributed by atoms with van der Waals surface area (Å²) in [5.74, 6) is 2.30. The molecule has 8 heteroatoms. The predicted octanol–water partition coefficient (Wildman–Crippen LogP) is 4.68. The zero-order valence-electron chi connectivity index (χ0n) is 16.3. The molecule has 0 radical (unpaired) electrons. The topological polar surface area (TPSA) is 64.1 Å². The van der Waals surface area contributed by atoms with Crippen LogP contribution in [0.3, 0.4) is 0 Å². The molecule has 0 aliphatic carbocycles. The highest BCUT2D eigenvalue weighted by Gasteiger charge is 2.04. The number of hydrogen-bond acceptors (Lipinski definition) is 4. The molecule has 0 saturated carbocycles. The lowest BCUT2D eigenvalue weighted by molar-refractivity contribution is 0.172. The maximum atomic E-state index is 5.73. The van der Waals surface area contributed by atoms with E-state index < -0.39 is 0 Å². The van der Waals surface area contributed by atoms with E-state index in [9.17, 15) is 0 Å². The van der Waals surface area contributed by atoms with Crippen LogP contribution in [0.4, 0.5) is 5.69 Å². The summed E-state index contributed by atoms with van der Waals surface area (Å²) in [5, 5.41) is 6.57. The number of nitrogens with one attached hydrogen (secondary N) is 2. The maximum absolute atomic E-state index is 5.73. The minimum atomic E-state index is 0. The lowest BCUT2D eigenvalue weighted by atomic mass is 10.2. The molecular formula is C20H27BrIN3O3. The Balaban J connectivity index is 0.00000392. The molecule has 0 aliphatic rings. The van der Waals surface area contributed by atoms with Crippen LogP contribution in [0.1, 0.15) is 12.0 Å². The number of anilines is 1. The molecule has 0 aromatic heterocycles. The summed E-state index contributed by atoms with van der Waals surface area (Å²) >= 11 is 3.50. The molecule has 0 unspecified atom stereocenters. The van der Waals surface area contributed by atoms with Crippen LogP contribution in [0.15, 0.2) is 51.9 Å². The van der Waals surface area contributed by atoms with Crippen molar-refractivity contribution in [3.63, 3.8) is 0 Å². The Labute approximate surface area is 192 Å². The summed E-state index contributed by atoms with van der Waals surface area (Å²) in [6, 6.07) is 13.8. The van der Waals surface area contributed by atoms with Crippen molar-refractivity contribution in [1.29, 1.82) is 0 Å². The van der Waals surface area contributed by atoms with Crippen molar-refractivity contribution in [2.45, 2.75) is 13.0 Å². The summed E-state index contributed by atoms with van der Waals surface area (Å²) in [5.41, 5.74) is 2.02. The van der Waals surface area contributed by atoms with Crippen molar-refractivity contribution in [2.75, 3.05) is 39.8 Å². The predicted molar refractivity (Wildman–Crippen MR) is 128 cm³/mol. The lowest BCUT2D eigenvalue weighted by Crippen LogP contribution is -2.30. The Bertz CT molecular complexity index is 759. The Hall–Kier alpha value is -1.52. The van der Waals surface area contributed by atoms with E-state index in [0.717, 1.165) is 33.6 Å². The van der Waals surface area contributed by atoms with Crippen LogP contribution in [0, 0.1) is 0 Å². The van der Waals surface area contributed by atoms with Crippen LogP contribution >= 0.6 is 39.9 Å². The Morgan fingerprint density at radius 3 is 2.61 bits per heavy atom. The lowest BCUT2D eigenvalue weighted by Gasteiger charge is -2.14. The molecule has 0 saturated heterocycles. The third-order valence-corrected chi connectivity index (χ3v) is 4.38. The fraction of sp³-hybridized carbons (Fsp3) is 0.350. The molecule has 6 nitrogen and oxygen atoms in total. The molecule has 0 aliphatic heterocycles. The number of aliphatic imine (C=N–C) groups is 1. The van der Waals surface area contributed by atoms with Gasteiger partial charge in [-0.05, 0) is 45.8 Å². The molecule has 2 N–H and O–H groups in total. The standard InChI is InChI=1S/C20H26BrN3O3.HI/c1-22-20(23-14-15-8-9-19(26-3)18(21)12-15)24-16-6-4-7-17(13-16)27-11-5-10-25-2;/h4,6-9,12-13H,5,10-11,14H2,1-3H3,(H2,22,23,24);1H. The molecule has 0 heterocycles. The molecule has 2 aromatic carbocycles. The molecule has 0 spiro atoms. The molecule has 154 valence electrons. The van der Waals surface area contributed by atoms with Crippen molar-refractivity contribution in [2.24, 2.45) is 4.99 Å². The van der Waals surface area contributed by atoms with Gasteiger partial charge < -0.3 is 24.8 Å². The summed E-state index contributed by atoms with van der Waals surface area (Å²) in [6.45, 7) is 1.95. The zero-order chi connectivity index (χ0) is 19.5. The first-order chi connectivity index (χ1) is 13.2. The summed E-state index contributed by atoms with van der Waals surface area (Å²) in [4.78, 5) is 4.27. The molecule has 0 amide bonds. The number of methoxy groups -OCH3 is 2. The third-order valence-electron chi connectivity index (χ3n) is 3.76. The number of nitrogens with zero attached hydrogens (tertiary/aromatic N) is 1. The van der Waals surface area contributed by atoms with Gasteiger partial charge in [0.15, 0.2) is 5.96 Å². The van der Waals surface area contributed by atoms with Crippen LogP contribution in [0.2, 0.25) is 0 Å². The van der Waals surface area contributed by atoms with Gasteiger partial charge in [-0.1, -0.05) is 12.1 Å². The second kappa shape index (κ2) is 13.6. The first-order valence-electron chi connectivity index (χ1n) is 8.68. The fourth-order valence-electron chi connectivity index (χ4n) is 2.38. The third kappa shape index (κ3) is 8.24. The minimum absolute atomic E-state index is 0. The second-order valence-corrected chi connectivity index (χ2v) is 6.60. The maximum Gasteiger partial charge on any atom is 0.195 e. The van der Waals surface area contributed by atoms with Gasteiger partial charge in [-0.3, -0.25) is 4.99 Å². The van der Waals surface area contributed by atoms with Gasteiger partial charge in [-0.15, -0.1) is 24.0 Å². The van der Waals surface area contributed by atoms with Gasteiger partial charge in [-0.2, -0.15) is 0 Å². The van der Waals surface area contributed by atoms with Gasteiger partial charge in [0.1, 0.15) is 11.5 Å². The molecule has 0 atom stereocenters. The highest BCUT2D eigenvalue weighted by molar-refractivity contribution is 14.0. The van der Waals surface area contributed by atoms with Gasteiger partial charge in [0.25, 0.3) is 0 Å². The van der Waals surface area contributed by atoms with Crippen LogP contribution in [-0.2, 0) is 11.3 Å². The molecule has 2 rings (SSSR count). The van der Waals surface area contributed by atoms with E-state index in [2.05, 4.69) is 31.6 Å². The monoisotopic (exact) mass is 563 g/mol. The van der Waals surface area contributed by atoms with Crippen LogP contribution < -0.4 is 20.1 Å². The smallest absolute Gasteiger partial charge is 0.195 e. The summed E-state index contributed by atoms with van der Waals surface area (Å²) < 4.78 is 16.9. The number of guanidine groups is 1. The van der Waals surface area contributed by atoms with E-state index >= 15 is 0 Å². The quantitative estimate of drug-likeness (QED) is 0.201. The van der Waals surface area contributed by atoms with E-state index in [1.54, 1.807) is 21.3 Å². The normalized spacial score (nSPS) is 10.8. The van der Waals surface area contributed by atoms with Crippen molar-refractivity contribution in [1.82, 2.24) is 5.32 Å². The summed E-state index contributed by atoms with van der Waals surface area (Å²) in [7, 11) is 5.08. The first kappa shape index (κ1) is 24.5. The van der Waals surface area contributed by atoms with Crippen LogP contribution in [-0.4, -0.2) is 40.4 Å².